The molecule has 1 aliphatic heterocycles. The summed E-state index contributed by atoms with van der Waals surface area (Å²) in [6.07, 6.45) is 4.37. The quantitative estimate of drug-likeness (QED) is 0.874. The Hall–Kier alpha value is -1.33. The molecule has 5 heteroatoms. The van der Waals surface area contributed by atoms with Gasteiger partial charge in [-0.1, -0.05) is 0 Å². The second-order valence-corrected chi connectivity index (χ2v) is 6.85. The molecule has 5 nitrogen and oxygen atoms in total. The molecule has 2 aliphatic rings. The number of carbonyl (C=O) groups is 1. The van der Waals surface area contributed by atoms with Crippen LogP contribution in [0.25, 0.3) is 0 Å². The fourth-order valence-electron chi connectivity index (χ4n) is 3.80. The Morgan fingerprint density at radius 2 is 1.91 bits per heavy atom. The highest BCUT2D eigenvalue weighted by Gasteiger charge is 2.34. The van der Waals surface area contributed by atoms with E-state index in [9.17, 15) is 4.79 Å². The van der Waals surface area contributed by atoms with Crippen molar-refractivity contribution in [2.45, 2.75) is 71.1 Å². The van der Waals surface area contributed by atoms with E-state index in [0.717, 1.165) is 62.4 Å². The van der Waals surface area contributed by atoms with E-state index in [2.05, 4.69) is 29.0 Å². The van der Waals surface area contributed by atoms with Crippen molar-refractivity contribution in [3.05, 3.63) is 23.0 Å². The zero-order valence-corrected chi connectivity index (χ0v) is 14.5. The Morgan fingerprint density at radius 3 is 2.48 bits per heavy atom. The number of amides is 1. The first-order valence-electron chi connectivity index (χ1n) is 8.91. The molecule has 2 atom stereocenters. The second kappa shape index (κ2) is 7.05. The molecular weight excluding hydrogens is 290 g/mol. The maximum Gasteiger partial charge on any atom is 0.253 e. The Morgan fingerprint density at radius 1 is 1.22 bits per heavy atom. The predicted octanol–water partition coefficient (Wildman–Crippen LogP) is 2.15. The Labute approximate surface area is 138 Å². The zero-order valence-electron chi connectivity index (χ0n) is 14.5. The molecule has 1 amide bonds. The first-order chi connectivity index (χ1) is 11.1. The van der Waals surface area contributed by atoms with Gasteiger partial charge >= 0.3 is 0 Å². The average molecular weight is 319 g/mol. The lowest BCUT2D eigenvalue weighted by atomic mass is 9.85. The monoisotopic (exact) mass is 319 g/mol. The van der Waals surface area contributed by atoms with Crippen LogP contribution < -0.4 is 10.6 Å². The number of carbonyl (C=O) groups excluding carboxylic acids is 1. The SMILES string of the molecule is CCn1c(C)cc(C(=O)N[C@H]2CC[C@H]2NC2CCOCC2)c1C. The molecule has 3 rings (SSSR count). The lowest BCUT2D eigenvalue weighted by molar-refractivity contribution is 0.0652. The summed E-state index contributed by atoms with van der Waals surface area (Å²) in [5.41, 5.74) is 3.04. The van der Waals surface area contributed by atoms with Gasteiger partial charge < -0.3 is 19.9 Å². The van der Waals surface area contributed by atoms with Crippen LogP contribution in [-0.2, 0) is 11.3 Å². The van der Waals surface area contributed by atoms with Gasteiger partial charge in [-0.2, -0.15) is 0 Å². The predicted molar refractivity (Wildman–Crippen MR) is 90.8 cm³/mol. The van der Waals surface area contributed by atoms with Crippen LogP contribution in [0.4, 0.5) is 0 Å². The highest BCUT2D eigenvalue weighted by molar-refractivity contribution is 5.96. The van der Waals surface area contributed by atoms with Crippen LogP contribution in [-0.4, -0.2) is 41.8 Å². The Kier molecular flexibility index (Phi) is 5.07. The standard InChI is InChI=1S/C18H29N3O2/c1-4-21-12(2)11-15(13(21)3)18(22)20-17-6-5-16(17)19-14-7-9-23-10-8-14/h11,14,16-17,19H,4-10H2,1-3H3,(H,20,22)/t16-,17+/m1/s1. The maximum absolute atomic E-state index is 12.6. The van der Waals surface area contributed by atoms with Crippen LogP contribution >= 0.6 is 0 Å². The van der Waals surface area contributed by atoms with E-state index >= 15 is 0 Å². The summed E-state index contributed by atoms with van der Waals surface area (Å²) >= 11 is 0. The van der Waals surface area contributed by atoms with E-state index in [1.165, 1.54) is 0 Å². The van der Waals surface area contributed by atoms with Crippen molar-refractivity contribution in [3.8, 4) is 0 Å². The first kappa shape index (κ1) is 16.5. The normalized spacial score (nSPS) is 25.2. The van der Waals surface area contributed by atoms with E-state index in [4.69, 9.17) is 4.74 Å². The average Bonchev–Trinajstić information content (AvgIpc) is 2.84. The summed E-state index contributed by atoms with van der Waals surface area (Å²) in [6, 6.07) is 3.22. The van der Waals surface area contributed by atoms with Gasteiger partial charge in [0.05, 0.1) is 5.56 Å². The van der Waals surface area contributed by atoms with Crippen molar-refractivity contribution in [3.63, 3.8) is 0 Å². The highest BCUT2D eigenvalue weighted by atomic mass is 16.5. The Bertz CT molecular complexity index is 561. The van der Waals surface area contributed by atoms with Crippen molar-refractivity contribution < 1.29 is 9.53 Å². The lowest BCUT2D eigenvalue weighted by Crippen LogP contribution is -2.59. The summed E-state index contributed by atoms with van der Waals surface area (Å²) in [5.74, 6) is 0.0706. The smallest absolute Gasteiger partial charge is 0.253 e. The van der Waals surface area contributed by atoms with Crippen LogP contribution in [0, 0.1) is 13.8 Å². The van der Waals surface area contributed by atoms with Crippen molar-refractivity contribution in [1.29, 1.82) is 0 Å². The van der Waals surface area contributed by atoms with Gasteiger partial charge in [0.1, 0.15) is 0 Å². The van der Waals surface area contributed by atoms with Gasteiger partial charge in [-0.3, -0.25) is 4.79 Å². The molecule has 2 fully saturated rings. The molecule has 0 aromatic carbocycles. The van der Waals surface area contributed by atoms with Gasteiger partial charge in [-0.15, -0.1) is 0 Å². The van der Waals surface area contributed by atoms with Gasteiger partial charge in [0, 0.05) is 49.3 Å². The van der Waals surface area contributed by atoms with Gasteiger partial charge in [0.2, 0.25) is 0 Å². The molecule has 1 saturated carbocycles. The van der Waals surface area contributed by atoms with Crippen LogP contribution in [0.15, 0.2) is 6.07 Å². The molecule has 23 heavy (non-hydrogen) atoms. The minimum Gasteiger partial charge on any atom is -0.381 e. The second-order valence-electron chi connectivity index (χ2n) is 6.85. The number of nitrogens with zero attached hydrogens (tertiary/aromatic N) is 1. The Balaban J connectivity index is 1.57. The fourth-order valence-corrected chi connectivity index (χ4v) is 3.80. The minimum absolute atomic E-state index is 0.0706. The van der Waals surface area contributed by atoms with Crippen molar-refractivity contribution in [2.75, 3.05) is 13.2 Å². The van der Waals surface area contributed by atoms with Gasteiger partial charge in [0.15, 0.2) is 0 Å². The number of aromatic nitrogens is 1. The summed E-state index contributed by atoms with van der Waals surface area (Å²) in [4.78, 5) is 12.6. The molecule has 1 saturated heterocycles. The van der Waals surface area contributed by atoms with Gasteiger partial charge in [-0.25, -0.2) is 0 Å². The molecule has 0 spiro atoms. The number of hydrogen-bond acceptors (Lipinski definition) is 3. The van der Waals surface area contributed by atoms with E-state index in [1.807, 2.05) is 13.0 Å². The zero-order chi connectivity index (χ0) is 16.4. The number of hydrogen-bond donors (Lipinski definition) is 2. The number of rotatable bonds is 5. The highest BCUT2D eigenvalue weighted by Crippen LogP contribution is 2.23. The van der Waals surface area contributed by atoms with E-state index in [1.54, 1.807) is 0 Å². The summed E-state index contributed by atoms with van der Waals surface area (Å²) in [5, 5.41) is 6.94. The maximum atomic E-state index is 12.6. The van der Waals surface area contributed by atoms with E-state index in [0.29, 0.717) is 12.1 Å². The number of aryl methyl sites for hydroxylation is 1. The number of nitrogens with one attached hydrogen (secondary N) is 2. The third kappa shape index (κ3) is 3.45. The van der Waals surface area contributed by atoms with Crippen LogP contribution in [0.2, 0.25) is 0 Å². The van der Waals surface area contributed by atoms with Gasteiger partial charge in [-0.05, 0) is 52.5 Å². The molecule has 2 N–H and O–H groups in total. The molecule has 1 aromatic heterocycles. The molecule has 1 aromatic rings. The van der Waals surface area contributed by atoms with Crippen LogP contribution in [0.3, 0.4) is 0 Å². The molecule has 1 aliphatic carbocycles. The van der Waals surface area contributed by atoms with E-state index in [-0.39, 0.29) is 11.9 Å². The largest absolute Gasteiger partial charge is 0.381 e. The topological polar surface area (TPSA) is 55.3 Å². The van der Waals surface area contributed by atoms with Gasteiger partial charge in [0.25, 0.3) is 5.91 Å². The fraction of sp³-hybridized carbons (Fsp3) is 0.722. The molecule has 0 radical (unpaired) electrons. The summed E-state index contributed by atoms with van der Waals surface area (Å²) in [6.45, 7) is 8.81. The third-order valence-corrected chi connectivity index (χ3v) is 5.40. The molecular formula is C18H29N3O2. The summed E-state index contributed by atoms with van der Waals surface area (Å²) in [7, 11) is 0. The third-order valence-electron chi connectivity index (χ3n) is 5.40. The van der Waals surface area contributed by atoms with Crippen molar-refractivity contribution >= 4 is 5.91 Å². The first-order valence-corrected chi connectivity index (χ1v) is 8.91. The molecule has 0 bridgehead atoms. The lowest BCUT2D eigenvalue weighted by Gasteiger charge is -2.41. The summed E-state index contributed by atoms with van der Waals surface area (Å²) < 4.78 is 7.60. The molecule has 0 unspecified atom stereocenters. The van der Waals surface area contributed by atoms with Crippen LogP contribution in [0.1, 0.15) is 54.4 Å². The minimum atomic E-state index is 0.0706. The van der Waals surface area contributed by atoms with Crippen molar-refractivity contribution in [2.24, 2.45) is 0 Å². The molecule has 2 heterocycles. The number of ether oxygens (including phenoxy) is 1. The molecule has 128 valence electrons. The van der Waals surface area contributed by atoms with E-state index < -0.39 is 0 Å². The van der Waals surface area contributed by atoms with Crippen molar-refractivity contribution in [1.82, 2.24) is 15.2 Å². The van der Waals surface area contributed by atoms with Crippen LogP contribution in [0.5, 0.6) is 0 Å².